The minimum absolute atomic E-state index is 0.192. The van der Waals surface area contributed by atoms with Crippen LogP contribution >= 0.6 is 0 Å². The van der Waals surface area contributed by atoms with Crippen molar-refractivity contribution in [3.05, 3.63) is 87.9 Å². The number of carbonyl (C=O) groups excluding carboxylic acids is 3. The number of hydrogen-bond acceptors (Lipinski definition) is 7. The Morgan fingerprint density at radius 3 is 2.47 bits per heavy atom. The summed E-state index contributed by atoms with van der Waals surface area (Å²) in [5, 5.41) is 9.47. The van der Waals surface area contributed by atoms with Gasteiger partial charge in [-0.15, -0.1) is 0 Å². The van der Waals surface area contributed by atoms with Crippen molar-refractivity contribution in [1.82, 2.24) is 20.6 Å². The van der Waals surface area contributed by atoms with Crippen molar-refractivity contribution in [2.75, 3.05) is 20.3 Å². The highest BCUT2D eigenvalue weighted by atomic mass is 16.5. The van der Waals surface area contributed by atoms with Crippen molar-refractivity contribution in [2.24, 2.45) is 5.10 Å². The summed E-state index contributed by atoms with van der Waals surface area (Å²) in [6.07, 6.45) is 2.59. The molecular weight excluding hydrogens is 550 g/mol. The zero-order chi connectivity index (χ0) is 31.1. The third-order valence-electron chi connectivity index (χ3n) is 7.11. The van der Waals surface area contributed by atoms with E-state index in [0.29, 0.717) is 22.8 Å². The van der Waals surface area contributed by atoms with Gasteiger partial charge >= 0.3 is 12.0 Å². The topological polar surface area (TPSA) is 132 Å². The Bertz CT molecular complexity index is 1570. The standard InChI is InChI=1S/C32H37N5O6/c1-7-22-9-12-25(13-10-22)37-19(3)15-24(21(37)5)17-33-36-28(38)18-43-26-14-11-23(16-27(26)41-6)30-29(31(39)42-8-2)20(4)34-32(40)35-30/h9-17,30H,7-8,18H2,1-6H3,(H,36,38)(H2,34,35,40)/b33-17-/t30-/m1/s1. The van der Waals surface area contributed by atoms with E-state index in [9.17, 15) is 14.4 Å². The third kappa shape index (κ3) is 7.06. The molecule has 3 amide bonds. The molecule has 226 valence electrons. The predicted molar refractivity (Wildman–Crippen MR) is 163 cm³/mol. The number of hydrazone groups is 1. The fourth-order valence-electron chi connectivity index (χ4n) is 4.95. The van der Waals surface area contributed by atoms with Crippen LogP contribution in [0.5, 0.6) is 11.5 Å². The second kappa shape index (κ2) is 13.7. The zero-order valence-corrected chi connectivity index (χ0v) is 25.2. The summed E-state index contributed by atoms with van der Waals surface area (Å²) in [5.74, 6) is -0.370. The van der Waals surface area contributed by atoms with Gasteiger partial charge in [-0.05, 0) is 75.6 Å². The van der Waals surface area contributed by atoms with Gasteiger partial charge in [-0.2, -0.15) is 5.10 Å². The molecule has 1 aromatic heterocycles. The van der Waals surface area contributed by atoms with Crippen LogP contribution in [-0.2, 0) is 20.7 Å². The largest absolute Gasteiger partial charge is 0.493 e. The number of nitrogens with one attached hydrogen (secondary N) is 3. The summed E-state index contributed by atoms with van der Waals surface area (Å²) < 4.78 is 18.5. The van der Waals surface area contributed by atoms with Crippen molar-refractivity contribution in [2.45, 2.75) is 47.1 Å². The van der Waals surface area contributed by atoms with Gasteiger partial charge < -0.3 is 29.4 Å². The van der Waals surface area contributed by atoms with E-state index < -0.39 is 23.9 Å². The molecule has 1 atom stereocenters. The number of benzene rings is 2. The number of hydrogen-bond donors (Lipinski definition) is 3. The number of aryl methyl sites for hydroxylation is 2. The minimum Gasteiger partial charge on any atom is -0.493 e. The van der Waals surface area contributed by atoms with E-state index in [1.54, 1.807) is 38.3 Å². The molecule has 1 aliphatic rings. The fraction of sp³-hybridized carbons (Fsp3) is 0.312. The van der Waals surface area contributed by atoms with Gasteiger partial charge in [0.1, 0.15) is 0 Å². The molecule has 0 saturated carbocycles. The molecule has 11 nitrogen and oxygen atoms in total. The Balaban J connectivity index is 1.41. The monoisotopic (exact) mass is 587 g/mol. The minimum atomic E-state index is -0.758. The molecule has 3 aromatic rings. The number of ether oxygens (including phenoxy) is 3. The number of methoxy groups -OCH3 is 1. The van der Waals surface area contributed by atoms with Crippen LogP contribution < -0.4 is 25.5 Å². The molecule has 0 spiro atoms. The smallest absolute Gasteiger partial charge is 0.338 e. The maximum Gasteiger partial charge on any atom is 0.338 e. The molecule has 2 aromatic carbocycles. The van der Waals surface area contributed by atoms with Gasteiger partial charge in [-0.25, -0.2) is 15.0 Å². The summed E-state index contributed by atoms with van der Waals surface area (Å²) in [6, 6.07) is 14.2. The molecule has 4 rings (SSSR count). The number of allylic oxidation sites excluding steroid dienone is 1. The van der Waals surface area contributed by atoms with Crippen LogP contribution in [0, 0.1) is 13.8 Å². The van der Waals surface area contributed by atoms with E-state index in [1.165, 1.54) is 12.7 Å². The summed E-state index contributed by atoms with van der Waals surface area (Å²) in [5.41, 5.74) is 9.03. The van der Waals surface area contributed by atoms with Gasteiger partial charge in [0.2, 0.25) is 0 Å². The second-order valence-corrected chi connectivity index (χ2v) is 9.96. The van der Waals surface area contributed by atoms with Crippen molar-refractivity contribution in [1.29, 1.82) is 0 Å². The Labute approximate surface area is 250 Å². The van der Waals surface area contributed by atoms with Crippen LogP contribution in [0.15, 0.2) is 64.9 Å². The lowest BCUT2D eigenvalue weighted by Gasteiger charge is -2.28. The second-order valence-electron chi connectivity index (χ2n) is 9.96. The highest BCUT2D eigenvalue weighted by Crippen LogP contribution is 2.34. The number of urea groups is 1. The molecular formula is C32H37N5O6. The van der Waals surface area contributed by atoms with Crippen molar-refractivity contribution >= 4 is 24.1 Å². The average molecular weight is 588 g/mol. The van der Waals surface area contributed by atoms with Gasteiger partial charge in [-0.1, -0.05) is 25.1 Å². The number of rotatable bonds is 11. The van der Waals surface area contributed by atoms with Crippen LogP contribution in [-0.4, -0.2) is 49.0 Å². The molecule has 2 heterocycles. The molecule has 43 heavy (non-hydrogen) atoms. The predicted octanol–water partition coefficient (Wildman–Crippen LogP) is 4.39. The number of carbonyl (C=O) groups is 3. The van der Waals surface area contributed by atoms with Crippen LogP contribution in [0.3, 0.4) is 0 Å². The molecule has 0 radical (unpaired) electrons. The van der Waals surface area contributed by atoms with Crippen molar-refractivity contribution in [3.63, 3.8) is 0 Å². The lowest BCUT2D eigenvalue weighted by atomic mass is 9.95. The number of amides is 3. The Kier molecular flexibility index (Phi) is 9.87. The summed E-state index contributed by atoms with van der Waals surface area (Å²) >= 11 is 0. The Hall–Kier alpha value is -5.06. The Morgan fingerprint density at radius 2 is 1.79 bits per heavy atom. The fourth-order valence-corrected chi connectivity index (χ4v) is 4.95. The van der Waals surface area contributed by atoms with E-state index >= 15 is 0 Å². The van der Waals surface area contributed by atoms with Gasteiger partial charge in [0, 0.05) is 28.3 Å². The van der Waals surface area contributed by atoms with Crippen molar-refractivity contribution in [3.8, 4) is 17.2 Å². The maximum absolute atomic E-state index is 12.6. The first-order valence-electron chi connectivity index (χ1n) is 14.0. The van der Waals surface area contributed by atoms with Crippen molar-refractivity contribution < 1.29 is 28.6 Å². The van der Waals surface area contributed by atoms with E-state index in [2.05, 4.69) is 56.9 Å². The molecule has 0 unspecified atom stereocenters. The molecule has 0 bridgehead atoms. The summed E-state index contributed by atoms with van der Waals surface area (Å²) in [6.45, 7) is 9.38. The average Bonchev–Trinajstić information content (AvgIpc) is 3.27. The SMILES string of the molecule is CCOC(=O)C1=C(C)NC(=O)N[C@@H]1c1ccc(OCC(=O)N/N=C\c2cc(C)n(-c3ccc(CC)cc3)c2C)c(OC)c1. The maximum atomic E-state index is 12.6. The van der Waals surface area contributed by atoms with Crippen LogP contribution in [0.2, 0.25) is 0 Å². The van der Waals surface area contributed by atoms with E-state index in [4.69, 9.17) is 14.2 Å². The lowest BCUT2D eigenvalue weighted by molar-refractivity contribution is -0.139. The van der Waals surface area contributed by atoms with E-state index in [1.807, 2.05) is 19.9 Å². The first-order chi connectivity index (χ1) is 20.7. The first kappa shape index (κ1) is 30.9. The summed E-state index contributed by atoms with van der Waals surface area (Å²) in [7, 11) is 1.46. The molecule has 0 aliphatic carbocycles. The van der Waals surface area contributed by atoms with Gasteiger partial charge in [0.15, 0.2) is 18.1 Å². The molecule has 11 heteroatoms. The number of nitrogens with zero attached hydrogens (tertiary/aromatic N) is 2. The highest BCUT2D eigenvalue weighted by Gasteiger charge is 2.32. The quantitative estimate of drug-likeness (QED) is 0.173. The highest BCUT2D eigenvalue weighted by molar-refractivity contribution is 5.95. The molecule has 0 fully saturated rings. The van der Waals surface area contributed by atoms with Gasteiger partial charge in [0.25, 0.3) is 5.91 Å². The first-order valence-corrected chi connectivity index (χ1v) is 14.0. The summed E-state index contributed by atoms with van der Waals surface area (Å²) in [4.78, 5) is 37.3. The van der Waals surface area contributed by atoms with Crippen LogP contribution in [0.4, 0.5) is 4.79 Å². The van der Waals surface area contributed by atoms with Gasteiger partial charge in [-0.3, -0.25) is 4.79 Å². The van der Waals surface area contributed by atoms with Gasteiger partial charge in [0.05, 0.1) is 31.5 Å². The zero-order valence-electron chi connectivity index (χ0n) is 25.2. The van der Waals surface area contributed by atoms with Crippen LogP contribution in [0.25, 0.3) is 5.69 Å². The Morgan fingerprint density at radius 1 is 1.05 bits per heavy atom. The van der Waals surface area contributed by atoms with E-state index in [-0.39, 0.29) is 18.8 Å². The number of aromatic nitrogens is 1. The number of esters is 1. The van der Waals surface area contributed by atoms with E-state index in [0.717, 1.165) is 29.1 Å². The molecule has 3 N–H and O–H groups in total. The van der Waals surface area contributed by atoms with Crippen LogP contribution in [0.1, 0.15) is 54.9 Å². The normalized spacial score (nSPS) is 14.7. The molecule has 1 aliphatic heterocycles. The third-order valence-corrected chi connectivity index (χ3v) is 7.11. The lowest BCUT2D eigenvalue weighted by Crippen LogP contribution is -2.45. The molecule has 0 saturated heterocycles.